The van der Waals surface area contributed by atoms with Gasteiger partial charge in [-0.3, -0.25) is 9.59 Å². The lowest BCUT2D eigenvalue weighted by atomic mass is 10.0. The first-order valence-corrected chi connectivity index (χ1v) is 13.0. The molecule has 1 aromatic heterocycles. The lowest BCUT2D eigenvalue weighted by Crippen LogP contribution is -2.28. The van der Waals surface area contributed by atoms with Crippen LogP contribution in [-0.2, 0) is 11.3 Å². The van der Waals surface area contributed by atoms with Crippen LogP contribution in [0.2, 0.25) is 0 Å². The Morgan fingerprint density at radius 1 is 0.750 bits per heavy atom. The van der Waals surface area contributed by atoms with Gasteiger partial charge in [-0.1, -0.05) is 67.4 Å². The molecule has 4 aromatic rings. The van der Waals surface area contributed by atoms with Gasteiger partial charge in [0.1, 0.15) is 0 Å². The number of likely N-dealkylation sites (tertiary alicyclic amines) is 1. The average Bonchev–Trinajstić information content (AvgIpc) is 3.12. The Morgan fingerprint density at radius 3 is 2.22 bits per heavy atom. The number of hydrogen-bond acceptors (Lipinski definition) is 3. The van der Waals surface area contributed by atoms with E-state index in [1.807, 2.05) is 54.6 Å². The molecule has 0 radical (unpaired) electrons. The number of ketones is 1. The number of Topliss-reactive ketones (excluding diaryl/α,β-unsaturated/α-hetero) is 1. The summed E-state index contributed by atoms with van der Waals surface area (Å²) in [5.41, 5.74) is 4.56. The van der Waals surface area contributed by atoms with Crippen molar-refractivity contribution in [3.63, 3.8) is 0 Å². The molecule has 1 aliphatic rings. The second-order valence-electron chi connectivity index (χ2n) is 9.63. The highest BCUT2D eigenvalue weighted by atomic mass is 16.2. The van der Waals surface area contributed by atoms with Crippen LogP contribution in [0.15, 0.2) is 85.1 Å². The molecule has 0 aliphatic carbocycles. The summed E-state index contributed by atoms with van der Waals surface area (Å²) in [6.07, 6.45) is 7.25. The van der Waals surface area contributed by atoms with Gasteiger partial charge >= 0.3 is 0 Å². The number of carbonyl (C=O) groups is 2. The van der Waals surface area contributed by atoms with Gasteiger partial charge in [0.05, 0.1) is 6.42 Å². The molecular formula is C31H33N3O2. The molecule has 3 aromatic carbocycles. The quantitative estimate of drug-likeness (QED) is 0.235. The van der Waals surface area contributed by atoms with Gasteiger partial charge in [0, 0.05) is 41.4 Å². The van der Waals surface area contributed by atoms with Crippen molar-refractivity contribution in [1.29, 1.82) is 0 Å². The molecule has 0 atom stereocenters. The third-order valence-corrected chi connectivity index (χ3v) is 7.05. The van der Waals surface area contributed by atoms with E-state index in [9.17, 15) is 9.59 Å². The molecule has 5 nitrogen and oxygen atoms in total. The number of aromatic nitrogens is 1. The molecule has 1 N–H and O–H groups in total. The topological polar surface area (TPSA) is 54.3 Å². The van der Waals surface area contributed by atoms with Crippen LogP contribution in [0.5, 0.6) is 0 Å². The Balaban J connectivity index is 1.17. The van der Waals surface area contributed by atoms with Crippen molar-refractivity contribution in [1.82, 2.24) is 9.47 Å². The number of nitrogens with one attached hydrogen (secondary N) is 1. The number of hydrogen-bond donors (Lipinski definition) is 1. The van der Waals surface area contributed by atoms with Crippen molar-refractivity contribution < 1.29 is 9.59 Å². The maximum Gasteiger partial charge on any atom is 0.232 e. The molecule has 0 bridgehead atoms. The SMILES string of the molecule is O=C(CC(=O)c1ccc(-c2ccccc2)cc1)Nc1ccc2c(ccn2CCN2CCCCCC2)c1. The number of fused-ring (bicyclic) bond motifs is 1. The van der Waals surface area contributed by atoms with E-state index < -0.39 is 0 Å². The van der Waals surface area contributed by atoms with Crippen LogP contribution >= 0.6 is 0 Å². The predicted octanol–water partition coefficient (Wildman–Crippen LogP) is 6.40. The summed E-state index contributed by atoms with van der Waals surface area (Å²) in [6.45, 7) is 4.43. The fraction of sp³-hybridized carbons (Fsp3) is 0.290. The maximum atomic E-state index is 12.7. The molecule has 1 saturated heterocycles. The van der Waals surface area contributed by atoms with Crippen LogP contribution in [0.25, 0.3) is 22.0 Å². The summed E-state index contributed by atoms with van der Waals surface area (Å²) in [7, 11) is 0. The van der Waals surface area contributed by atoms with Gasteiger partial charge in [0.25, 0.3) is 0 Å². The van der Waals surface area contributed by atoms with Gasteiger partial charge in [-0.15, -0.1) is 0 Å². The van der Waals surface area contributed by atoms with Crippen LogP contribution < -0.4 is 5.32 Å². The number of benzene rings is 3. The lowest BCUT2D eigenvalue weighted by molar-refractivity contribution is -0.115. The van der Waals surface area contributed by atoms with Crippen molar-refractivity contribution in [2.45, 2.75) is 38.6 Å². The largest absolute Gasteiger partial charge is 0.346 e. The fourth-order valence-corrected chi connectivity index (χ4v) is 5.01. The van der Waals surface area contributed by atoms with E-state index in [0.29, 0.717) is 11.3 Å². The summed E-state index contributed by atoms with van der Waals surface area (Å²) >= 11 is 0. The van der Waals surface area contributed by atoms with Gasteiger partial charge in [0.15, 0.2) is 5.78 Å². The second kappa shape index (κ2) is 11.4. The van der Waals surface area contributed by atoms with Crippen LogP contribution in [0.1, 0.15) is 42.5 Å². The highest BCUT2D eigenvalue weighted by molar-refractivity contribution is 6.11. The van der Waals surface area contributed by atoms with E-state index in [1.165, 1.54) is 38.8 Å². The third-order valence-electron chi connectivity index (χ3n) is 7.05. The zero-order chi connectivity index (χ0) is 24.7. The molecule has 0 unspecified atom stereocenters. The first-order valence-electron chi connectivity index (χ1n) is 13.0. The summed E-state index contributed by atoms with van der Waals surface area (Å²) in [5.74, 6) is -0.486. The highest BCUT2D eigenvalue weighted by Gasteiger charge is 2.14. The number of anilines is 1. The second-order valence-corrected chi connectivity index (χ2v) is 9.63. The Labute approximate surface area is 212 Å². The van der Waals surface area contributed by atoms with E-state index in [0.717, 1.165) is 35.1 Å². The predicted molar refractivity (Wildman–Crippen MR) is 146 cm³/mol. The molecule has 5 rings (SSSR count). The Hall–Kier alpha value is -3.70. The fourth-order valence-electron chi connectivity index (χ4n) is 5.01. The van der Waals surface area contributed by atoms with E-state index in [4.69, 9.17) is 0 Å². The molecule has 0 saturated carbocycles. The summed E-state index contributed by atoms with van der Waals surface area (Å²) in [4.78, 5) is 27.8. The number of nitrogens with zero attached hydrogens (tertiary/aromatic N) is 2. The van der Waals surface area contributed by atoms with Crippen molar-refractivity contribution in [3.05, 3.63) is 90.6 Å². The summed E-state index contributed by atoms with van der Waals surface area (Å²) in [6, 6.07) is 25.5. The molecule has 2 heterocycles. The zero-order valence-corrected chi connectivity index (χ0v) is 20.7. The Bertz CT molecular complexity index is 1320. The zero-order valence-electron chi connectivity index (χ0n) is 20.7. The van der Waals surface area contributed by atoms with Gasteiger partial charge < -0.3 is 14.8 Å². The Kier molecular flexibility index (Phi) is 7.58. The van der Waals surface area contributed by atoms with Gasteiger partial charge in [-0.25, -0.2) is 0 Å². The molecule has 5 heteroatoms. The van der Waals surface area contributed by atoms with Crippen molar-refractivity contribution in [3.8, 4) is 11.1 Å². The van der Waals surface area contributed by atoms with Crippen molar-refractivity contribution >= 4 is 28.3 Å². The van der Waals surface area contributed by atoms with Crippen LogP contribution in [0.3, 0.4) is 0 Å². The van der Waals surface area contributed by atoms with E-state index in [2.05, 4.69) is 33.1 Å². The summed E-state index contributed by atoms with van der Waals surface area (Å²) in [5, 5.41) is 3.98. The van der Waals surface area contributed by atoms with Gasteiger partial charge in [-0.2, -0.15) is 0 Å². The number of rotatable bonds is 8. The van der Waals surface area contributed by atoms with Crippen LogP contribution in [0.4, 0.5) is 5.69 Å². The molecule has 1 amide bonds. The van der Waals surface area contributed by atoms with Gasteiger partial charge in [0.2, 0.25) is 5.91 Å². The third kappa shape index (κ3) is 5.92. The van der Waals surface area contributed by atoms with Crippen LogP contribution in [-0.4, -0.2) is 40.8 Å². The minimum atomic E-state index is -0.299. The van der Waals surface area contributed by atoms with E-state index in [-0.39, 0.29) is 18.1 Å². The van der Waals surface area contributed by atoms with Gasteiger partial charge in [-0.05, 0) is 61.3 Å². The molecule has 1 aliphatic heterocycles. The average molecular weight is 480 g/mol. The molecule has 36 heavy (non-hydrogen) atoms. The molecule has 1 fully saturated rings. The first-order chi connectivity index (χ1) is 17.7. The molecular weight excluding hydrogens is 446 g/mol. The lowest BCUT2D eigenvalue weighted by Gasteiger charge is -2.20. The number of carbonyl (C=O) groups excluding carboxylic acids is 2. The van der Waals surface area contributed by atoms with Crippen molar-refractivity contribution in [2.24, 2.45) is 0 Å². The molecule has 184 valence electrons. The monoisotopic (exact) mass is 479 g/mol. The number of amides is 1. The van der Waals surface area contributed by atoms with E-state index >= 15 is 0 Å². The standard InChI is InChI=1S/C31H33N3O2/c35-30(26-12-10-25(11-13-26)24-8-4-3-5-9-24)23-31(36)32-28-14-15-29-27(22-28)16-19-34(29)21-20-33-17-6-1-2-7-18-33/h3-5,8-16,19,22H,1-2,6-7,17-18,20-21,23H2,(H,32,36). The Morgan fingerprint density at radius 2 is 1.47 bits per heavy atom. The normalized spacial score (nSPS) is 14.4. The minimum Gasteiger partial charge on any atom is -0.346 e. The molecule has 0 spiro atoms. The highest BCUT2D eigenvalue weighted by Crippen LogP contribution is 2.22. The van der Waals surface area contributed by atoms with E-state index in [1.54, 1.807) is 12.1 Å². The van der Waals surface area contributed by atoms with Crippen LogP contribution in [0, 0.1) is 0 Å². The van der Waals surface area contributed by atoms with Crippen molar-refractivity contribution in [2.75, 3.05) is 25.0 Å². The summed E-state index contributed by atoms with van der Waals surface area (Å²) < 4.78 is 2.29. The smallest absolute Gasteiger partial charge is 0.232 e. The minimum absolute atomic E-state index is 0.181. The maximum absolute atomic E-state index is 12.7. The first kappa shape index (κ1) is 24.0.